The molecule has 6 nitrogen and oxygen atoms in total. The Morgan fingerprint density at radius 1 is 0.900 bits per heavy atom. The van der Waals surface area contributed by atoms with Gasteiger partial charge in [-0.2, -0.15) is 0 Å². The fourth-order valence-corrected chi connectivity index (χ4v) is 2.01. The lowest BCUT2D eigenvalue weighted by molar-refractivity contribution is -0.144. The Morgan fingerprint density at radius 3 is 1.80 bits per heavy atom. The molecule has 0 bridgehead atoms. The minimum absolute atomic E-state index is 0.0445. The van der Waals surface area contributed by atoms with Crippen LogP contribution in [0, 0.1) is 0 Å². The van der Waals surface area contributed by atoms with E-state index >= 15 is 0 Å². The normalized spacial score (nSPS) is 10.2. The van der Waals surface area contributed by atoms with Gasteiger partial charge < -0.3 is 14.9 Å². The number of carbonyl (C=O) groups is 3. The van der Waals surface area contributed by atoms with E-state index < -0.39 is 5.97 Å². The van der Waals surface area contributed by atoms with Gasteiger partial charge in [0.25, 0.3) is 0 Å². The molecule has 20 heavy (non-hydrogen) atoms. The average molecular weight is 286 g/mol. The van der Waals surface area contributed by atoms with Crippen molar-refractivity contribution < 1.29 is 19.5 Å². The minimum Gasteiger partial charge on any atom is -0.480 e. The van der Waals surface area contributed by atoms with E-state index in [1.54, 1.807) is 4.90 Å². The quantitative estimate of drug-likeness (QED) is 0.657. The van der Waals surface area contributed by atoms with Crippen LogP contribution in [-0.4, -0.2) is 58.9 Å². The van der Waals surface area contributed by atoms with Crippen LogP contribution >= 0.6 is 0 Å². The predicted octanol–water partition coefficient (Wildman–Crippen LogP) is 1.35. The van der Waals surface area contributed by atoms with Crippen LogP contribution in [0.2, 0.25) is 0 Å². The van der Waals surface area contributed by atoms with Crippen molar-refractivity contribution in [2.24, 2.45) is 0 Å². The zero-order valence-electron chi connectivity index (χ0n) is 12.7. The molecule has 0 saturated heterocycles. The van der Waals surface area contributed by atoms with Crippen LogP contribution in [0.3, 0.4) is 0 Å². The van der Waals surface area contributed by atoms with Gasteiger partial charge in [0.15, 0.2) is 0 Å². The van der Waals surface area contributed by atoms with Gasteiger partial charge in [-0.1, -0.05) is 6.92 Å². The number of aliphatic carboxylic acids is 1. The van der Waals surface area contributed by atoms with Gasteiger partial charge in [-0.25, -0.2) is 0 Å². The van der Waals surface area contributed by atoms with E-state index in [0.717, 1.165) is 6.42 Å². The molecule has 0 heterocycles. The Hall–Kier alpha value is -1.59. The number of nitrogens with zero attached hydrogens (tertiary/aromatic N) is 2. The summed E-state index contributed by atoms with van der Waals surface area (Å²) in [7, 11) is 0. The second-order valence-electron chi connectivity index (χ2n) is 4.63. The van der Waals surface area contributed by atoms with Crippen molar-refractivity contribution in [2.75, 3.05) is 26.2 Å². The first kappa shape index (κ1) is 18.4. The predicted molar refractivity (Wildman–Crippen MR) is 76.3 cm³/mol. The van der Waals surface area contributed by atoms with Crippen molar-refractivity contribution >= 4 is 17.8 Å². The Balaban J connectivity index is 4.18. The summed E-state index contributed by atoms with van der Waals surface area (Å²) >= 11 is 0. The molecule has 0 aromatic carbocycles. The fraction of sp³-hybridized carbons (Fsp3) is 0.786. The van der Waals surface area contributed by atoms with Crippen molar-refractivity contribution in [2.45, 2.75) is 46.5 Å². The summed E-state index contributed by atoms with van der Waals surface area (Å²) in [5, 5.41) is 8.75. The smallest absolute Gasteiger partial charge is 0.323 e. The summed E-state index contributed by atoms with van der Waals surface area (Å²) in [6, 6.07) is 0. The van der Waals surface area contributed by atoms with Crippen LogP contribution < -0.4 is 0 Å². The van der Waals surface area contributed by atoms with Crippen LogP contribution in [0.1, 0.15) is 46.5 Å². The summed E-state index contributed by atoms with van der Waals surface area (Å²) in [6.07, 6.45) is 1.74. The first-order valence-corrected chi connectivity index (χ1v) is 7.23. The summed E-state index contributed by atoms with van der Waals surface area (Å²) in [5.74, 6) is -1.16. The van der Waals surface area contributed by atoms with E-state index in [-0.39, 0.29) is 24.8 Å². The highest BCUT2D eigenvalue weighted by atomic mass is 16.4. The summed E-state index contributed by atoms with van der Waals surface area (Å²) in [5.41, 5.74) is 0. The third kappa shape index (κ3) is 7.11. The van der Waals surface area contributed by atoms with E-state index in [0.29, 0.717) is 32.5 Å². The molecule has 0 aliphatic carbocycles. The van der Waals surface area contributed by atoms with Crippen molar-refractivity contribution in [3.63, 3.8) is 0 Å². The molecule has 0 radical (unpaired) electrons. The number of carboxylic acid groups (broad SMARTS) is 1. The molecule has 0 saturated carbocycles. The lowest BCUT2D eigenvalue weighted by atomic mass is 10.2. The van der Waals surface area contributed by atoms with Crippen molar-refractivity contribution in [3.05, 3.63) is 0 Å². The van der Waals surface area contributed by atoms with Gasteiger partial charge in [0.05, 0.1) is 0 Å². The zero-order chi connectivity index (χ0) is 15.5. The number of carbonyl (C=O) groups excluding carboxylic acids is 2. The standard InChI is InChI=1S/C14H26N2O4/c1-4-10-16(11-14(19)20)13(18)9-7-8-12(17)15(5-2)6-3/h4-11H2,1-3H3,(H,19,20). The van der Waals surface area contributed by atoms with Gasteiger partial charge in [-0.05, 0) is 26.7 Å². The Labute approximate surface area is 120 Å². The number of carboxylic acids is 1. The number of hydrogen-bond donors (Lipinski definition) is 1. The largest absolute Gasteiger partial charge is 0.480 e. The van der Waals surface area contributed by atoms with E-state index in [2.05, 4.69) is 0 Å². The lowest BCUT2D eigenvalue weighted by Crippen LogP contribution is -2.36. The third-order valence-corrected chi connectivity index (χ3v) is 3.07. The molecule has 0 aliphatic rings. The molecule has 0 rings (SSSR count). The molecule has 0 atom stereocenters. The average Bonchev–Trinajstić information content (AvgIpc) is 2.39. The fourth-order valence-electron chi connectivity index (χ4n) is 2.01. The van der Waals surface area contributed by atoms with E-state index in [9.17, 15) is 14.4 Å². The van der Waals surface area contributed by atoms with Crippen molar-refractivity contribution in [3.8, 4) is 0 Å². The molecule has 6 heteroatoms. The van der Waals surface area contributed by atoms with Gasteiger partial charge in [0, 0.05) is 32.5 Å². The highest BCUT2D eigenvalue weighted by molar-refractivity contribution is 5.82. The first-order valence-electron chi connectivity index (χ1n) is 7.23. The van der Waals surface area contributed by atoms with Crippen LogP contribution in [-0.2, 0) is 14.4 Å². The van der Waals surface area contributed by atoms with Gasteiger partial charge >= 0.3 is 5.97 Å². The van der Waals surface area contributed by atoms with Crippen LogP contribution in [0.15, 0.2) is 0 Å². The third-order valence-electron chi connectivity index (χ3n) is 3.07. The van der Waals surface area contributed by atoms with E-state index in [1.807, 2.05) is 20.8 Å². The molecular formula is C14H26N2O4. The van der Waals surface area contributed by atoms with Gasteiger partial charge in [0.2, 0.25) is 11.8 Å². The van der Waals surface area contributed by atoms with Gasteiger partial charge in [-0.3, -0.25) is 14.4 Å². The Bertz CT molecular complexity index is 327. The maximum absolute atomic E-state index is 11.9. The molecule has 0 fully saturated rings. The molecular weight excluding hydrogens is 260 g/mol. The maximum atomic E-state index is 11.9. The molecule has 0 spiro atoms. The molecule has 0 aromatic rings. The van der Waals surface area contributed by atoms with Gasteiger partial charge in [0.1, 0.15) is 6.54 Å². The van der Waals surface area contributed by atoms with Crippen LogP contribution in [0.4, 0.5) is 0 Å². The second kappa shape index (κ2) is 10.2. The number of rotatable bonds is 10. The highest BCUT2D eigenvalue weighted by Gasteiger charge is 2.16. The van der Waals surface area contributed by atoms with Crippen LogP contribution in [0.25, 0.3) is 0 Å². The minimum atomic E-state index is -1.01. The number of hydrogen-bond acceptors (Lipinski definition) is 3. The topological polar surface area (TPSA) is 77.9 Å². The maximum Gasteiger partial charge on any atom is 0.323 e. The monoisotopic (exact) mass is 286 g/mol. The van der Waals surface area contributed by atoms with Crippen LogP contribution in [0.5, 0.6) is 0 Å². The second-order valence-corrected chi connectivity index (χ2v) is 4.63. The van der Waals surface area contributed by atoms with E-state index in [4.69, 9.17) is 5.11 Å². The summed E-state index contributed by atoms with van der Waals surface area (Å²) in [4.78, 5) is 37.4. The zero-order valence-corrected chi connectivity index (χ0v) is 12.7. The Morgan fingerprint density at radius 2 is 1.40 bits per heavy atom. The van der Waals surface area contributed by atoms with E-state index in [1.165, 1.54) is 4.90 Å². The first-order chi connectivity index (χ1) is 9.46. The SMILES string of the molecule is CCCN(CC(=O)O)C(=O)CCCC(=O)N(CC)CC. The summed E-state index contributed by atoms with van der Waals surface area (Å²) in [6.45, 7) is 7.25. The lowest BCUT2D eigenvalue weighted by Gasteiger charge is -2.21. The van der Waals surface area contributed by atoms with Gasteiger partial charge in [-0.15, -0.1) is 0 Å². The molecule has 0 aromatic heterocycles. The summed E-state index contributed by atoms with van der Waals surface area (Å²) < 4.78 is 0. The molecule has 0 unspecified atom stereocenters. The molecule has 116 valence electrons. The van der Waals surface area contributed by atoms with Crippen molar-refractivity contribution in [1.29, 1.82) is 0 Å². The highest BCUT2D eigenvalue weighted by Crippen LogP contribution is 2.05. The molecule has 0 aliphatic heterocycles. The molecule has 1 N–H and O–H groups in total. The molecule has 2 amide bonds. The van der Waals surface area contributed by atoms with Crippen molar-refractivity contribution in [1.82, 2.24) is 9.80 Å². The number of amides is 2. The Kier molecular flexibility index (Phi) is 9.41.